The van der Waals surface area contributed by atoms with Crippen LogP contribution < -0.4 is 10.6 Å². The molecule has 1 aliphatic heterocycles. The second kappa shape index (κ2) is 9.69. The van der Waals surface area contributed by atoms with E-state index < -0.39 is 11.4 Å². The molecule has 4 rings (SSSR count). The number of fused-ring (bicyclic) bond motifs is 1. The van der Waals surface area contributed by atoms with Gasteiger partial charge in [0.1, 0.15) is 17.1 Å². The number of benzene rings is 2. The Bertz CT molecular complexity index is 1270. The van der Waals surface area contributed by atoms with Crippen LogP contribution in [0.1, 0.15) is 44.6 Å². The van der Waals surface area contributed by atoms with Crippen LogP contribution in [0, 0.1) is 12.7 Å². The maximum Gasteiger partial charge on any atom is 0.272 e. The zero-order chi connectivity index (χ0) is 25.2. The second-order valence-electron chi connectivity index (χ2n) is 9.01. The number of hydrogen-bond acceptors (Lipinski definition) is 4. The second-order valence-corrected chi connectivity index (χ2v) is 9.01. The smallest absolute Gasteiger partial charge is 0.272 e. The average Bonchev–Trinajstić information content (AvgIpc) is 3.26. The van der Waals surface area contributed by atoms with Crippen LogP contribution in [0.2, 0.25) is 0 Å². The van der Waals surface area contributed by atoms with Gasteiger partial charge in [0.2, 0.25) is 5.91 Å². The topological polar surface area (TPSA) is 96.3 Å². The number of carbonyl (C=O) groups excluding carboxylic acids is 3. The van der Waals surface area contributed by atoms with E-state index in [1.807, 2.05) is 25.1 Å². The first-order valence-corrected chi connectivity index (χ1v) is 11.4. The molecule has 0 bridgehead atoms. The van der Waals surface area contributed by atoms with E-state index in [-0.39, 0.29) is 42.1 Å². The fourth-order valence-corrected chi connectivity index (χ4v) is 4.09. The van der Waals surface area contributed by atoms with Gasteiger partial charge in [-0.2, -0.15) is 5.10 Å². The number of carbonyl (C=O) groups is 3. The fraction of sp³-hybridized carbons (Fsp3) is 0.308. The predicted octanol–water partition coefficient (Wildman–Crippen LogP) is 2.46. The molecule has 1 aromatic heterocycles. The van der Waals surface area contributed by atoms with Gasteiger partial charge in [0.05, 0.1) is 6.54 Å². The number of nitrogens with one attached hydrogen (secondary N) is 2. The molecule has 0 saturated heterocycles. The Morgan fingerprint density at radius 2 is 1.83 bits per heavy atom. The summed E-state index contributed by atoms with van der Waals surface area (Å²) in [7, 11) is 1.55. The molecule has 35 heavy (non-hydrogen) atoms. The third-order valence-electron chi connectivity index (χ3n) is 6.37. The highest BCUT2D eigenvalue weighted by atomic mass is 19.1. The third-order valence-corrected chi connectivity index (χ3v) is 6.37. The lowest BCUT2D eigenvalue weighted by Gasteiger charge is -2.40. The van der Waals surface area contributed by atoms with E-state index in [2.05, 4.69) is 21.8 Å². The van der Waals surface area contributed by atoms with Crippen LogP contribution in [0.15, 0.2) is 54.6 Å². The quantitative estimate of drug-likeness (QED) is 0.547. The molecular formula is C26H28FN5O3. The Hall–Kier alpha value is -4.01. The molecule has 0 radical (unpaired) electrons. The van der Waals surface area contributed by atoms with Crippen LogP contribution in [0.3, 0.4) is 0 Å². The van der Waals surface area contributed by atoms with Crippen molar-refractivity contribution in [3.8, 4) is 0 Å². The van der Waals surface area contributed by atoms with Gasteiger partial charge in [-0.15, -0.1) is 0 Å². The van der Waals surface area contributed by atoms with Gasteiger partial charge in [-0.25, -0.2) is 4.39 Å². The Morgan fingerprint density at radius 1 is 1.09 bits per heavy atom. The van der Waals surface area contributed by atoms with Crippen LogP contribution in [-0.2, 0) is 24.3 Å². The van der Waals surface area contributed by atoms with Crippen molar-refractivity contribution < 1.29 is 18.8 Å². The fourth-order valence-electron chi connectivity index (χ4n) is 4.09. The molecule has 3 amide bonds. The van der Waals surface area contributed by atoms with Gasteiger partial charge in [-0.05, 0) is 43.5 Å². The zero-order valence-corrected chi connectivity index (χ0v) is 20.0. The molecule has 9 heteroatoms. The molecule has 0 saturated carbocycles. The van der Waals surface area contributed by atoms with Gasteiger partial charge in [0, 0.05) is 26.2 Å². The van der Waals surface area contributed by atoms with E-state index >= 15 is 0 Å². The Labute approximate surface area is 203 Å². The van der Waals surface area contributed by atoms with Crippen LogP contribution >= 0.6 is 0 Å². The molecule has 2 aromatic carbocycles. The first kappa shape index (κ1) is 24.1. The Kier molecular flexibility index (Phi) is 6.68. The molecule has 0 spiro atoms. The highest BCUT2D eigenvalue weighted by Gasteiger charge is 2.46. The van der Waals surface area contributed by atoms with Crippen molar-refractivity contribution in [2.24, 2.45) is 0 Å². The normalized spacial score (nSPS) is 17.1. The summed E-state index contributed by atoms with van der Waals surface area (Å²) in [6.45, 7) is 4.38. The molecule has 2 N–H and O–H groups in total. The van der Waals surface area contributed by atoms with Crippen LogP contribution in [-0.4, -0.2) is 51.5 Å². The lowest BCUT2D eigenvalue weighted by atomic mass is 9.96. The van der Waals surface area contributed by atoms with Crippen molar-refractivity contribution in [3.05, 3.63) is 88.5 Å². The van der Waals surface area contributed by atoms with E-state index in [1.54, 1.807) is 26.1 Å². The number of halogens is 1. The van der Waals surface area contributed by atoms with Gasteiger partial charge >= 0.3 is 0 Å². The van der Waals surface area contributed by atoms with Crippen molar-refractivity contribution in [1.82, 2.24) is 25.3 Å². The van der Waals surface area contributed by atoms with Crippen LogP contribution in [0.4, 0.5) is 4.39 Å². The zero-order valence-electron chi connectivity index (χ0n) is 20.0. The van der Waals surface area contributed by atoms with Gasteiger partial charge in [-0.1, -0.05) is 42.0 Å². The summed E-state index contributed by atoms with van der Waals surface area (Å²) >= 11 is 0. The predicted molar refractivity (Wildman–Crippen MR) is 128 cm³/mol. The first-order chi connectivity index (χ1) is 16.7. The van der Waals surface area contributed by atoms with E-state index in [0.717, 1.165) is 16.7 Å². The van der Waals surface area contributed by atoms with Gasteiger partial charge in [-0.3, -0.25) is 19.1 Å². The lowest BCUT2D eigenvalue weighted by Crippen LogP contribution is -2.62. The summed E-state index contributed by atoms with van der Waals surface area (Å²) in [4.78, 5) is 40.1. The lowest BCUT2D eigenvalue weighted by molar-refractivity contribution is -0.132. The number of amides is 3. The summed E-state index contributed by atoms with van der Waals surface area (Å²) < 4.78 is 14.5. The largest absolute Gasteiger partial charge is 0.350 e. The van der Waals surface area contributed by atoms with Crippen LogP contribution in [0.25, 0.3) is 0 Å². The van der Waals surface area contributed by atoms with Gasteiger partial charge < -0.3 is 15.5 Å². The van der Waals surface area contributed by atoms with Crippen molar-refractivity contribution in [2.75, 3.05) is 13.6 Å². The minimum Gasteiger partial charge on any atom is -0.350 e. The molecule has 3 aromatic rings. The molecule has 2 heterocycles. The summed E-state index contributed by atoms with van der Waals surface area (Å²) in [6, 6.07) is 15.3. The molecule has 1 atom stereocenters. The van der Waals surface area contributed by atoms with Crippen molar-refractivity contribution in [1.29, 1.82) is 0 Å². The Morgan fingerprint density at radius 3 is 2.54 bits per heavy atom. The third kappa shape index (κ3) is 5.08. The molecule has 0 fully saturated rings. The molecule has 8 nitrogen and oxygen atoms in total. The highest BCUT2D eigenvalue weighted by Crippen LogP contribution is 2.26. The summed E-state index contributed by atoms with van der Waals surface area (Å²) in [5, 5.41) is 9.97. The first-order valence-electron chi connectivity index (χ1n) is 11.4. The molecule has 1 aliphatic rings. The highest BCUT2D eigenvalue weighted by molar-refractivity contribution is 6.01. The number of aromatic nitrogens is 2. The van der Waals surface area contributed by atoms with Crippen molar-refractivity contribution in [3.63, 3.8) is 0 Å². The number of rotatable bonds is 7. The van der Waals surface area contributed by atoms with Crippen molar-refractivity contribution in [2.45, 2.75) is 38.9 Å². The van der Waals surface area contributed by atoms with Crippen LogP contribution in [0.5, 0.6) is 0 Å². The van der Waals surface area contributed by atoms with E-state index in [1.165, 1.54) is 27.8 Å². The number of likely N-dealkylation sites (N-methyl/N-ethyl adjacent to an activating group) is 1. The SMILES string of the molecule is Cc1cccc(CCNC(=O)c2cc3n(n2)CC(C)(C(=O)NCc2ccc(F)cc2)N(C)C3=O)c1. The number of aryl methyl sites for hydroxylation is 1. The Balaban J connectivity index is 1.42. The van der Waals surface area contributed by atoms with E-state index in [4.69, 9.17) is 0 Å². The maximum atomic E-state index is 13.1. The monoisotopic (exact) mass is 477 g/mol. The van der Waals surface area contributed by atoms with E-state index in [9.17, 15) is 18.8 Å². The molecule has 0 aliphatic carbocycles. The standard InChI is InChI=1S/C26H28FN5O3/c1-17-5-4-6-18(13-17)11-12-28-23(33)21-14-22-24(34)31(3)26(2,16-32(22)30-21)25(35)29-15-19-7-9-20(27)10-8-19/h4-10,13-14H,11-12,15-16H2,1-3H3,(H,28,33)(H,29,35). The van der Waals surface area contributed by atoms with Gasteiger partial charge in [0.15, 0.2) is 5.69 Å². The molecule has 182 valence electrons. The summed E-state index contributed by atoms with van der Waals surface area (Å²) in [6.07, 6.45) is 0.676. The minimum atomic E-state index is -1.21. The van der Waals surface area contributed by atoms with E-state index in [0.29, 0.717) is 13.0 Å². The summed E-state index contributed by atoms with van der Waals surface area (Å²) in [5.74, 6) is -1.51. The average molecular weight is 478 g/mol. The maximum absolute atomic E-state index is 13.1. The number of hydrogen-bond donors (Lipinski definition) is 2. The molecular weight excluding hydrogens is 449 g/mol. The molecule has 1 unspecified atom stereocenters. The van der Waals surface area contributed by atoms with Gasteiger partial charge in [0.25, 0.3) is 11.8 Å². The minimum absolute atomic E-state index is 0.0936. The number of nitrogens with zero attached hydrogens (tertiary/aromatic N) is 3. The summed E-state index contributed by atoms with van der Waals surface area (Å²) in [5.41, 5.74) is 2.17. The van der Waals surface area contributed by atoms with Crippen molar-refractivity contribution >= 4 is 17.7 Å².